The number of fused-ring (bicyclic) bond motifs is 2. The molecule has 0 aliphatic carbocycles. The summed E-state index contributed by atoms with van der Waals surface area (Å²) in [6, 6.07) is 17.1. The quantitative estimate of drug-likeness (QED) is 0.0428. The first-order valence-electron chi connectivity index (χ1n) is 21.7. The molecule has 0 saturated carbocycles. The number of aromatic nitrogens is 8. The van der Waals surface area contributed by atoms with Gasteiger partial charge in [-0.2, -0.15) is 0 Å². The Morgan fingerprint density at radius 1 is 0.652 bits per heavy atom. The average molecular weight is 999 g/mol. The van der Waals surface area contributed by atoms with Crippen molar-refractivity contribution in [3.05, 3.63) is 86.0 Å². The molecule has 6 aromatic rings. The predicted octanol–water partition coefficient (Wildman–Crippen LogP) is 6.07. The van der Waals surface area contributed by atoms with Crippen LogP contribution in [-0.2, 0) is 50.8 Å². The largest absolute Gasteiger partial charge is 0.462 e. The van der Waals surface area contributed by atoms with Gasteiger partial charge < -0.3 is 59.2 Å². The fourth-order valence-corrected chi connectivity index (χ4v) is 8.74. The van der Waals surface area contributed by atoms with Crippen molar-refractivity contribution in [1.82, 2.24) is 44.1 Å². The maximum atomic E-state index is 13.8. The molecule has 0 fully saturated rings. The zero-order valence-electron chi connectivity index (χ0n) is 40.5. The van der Waals surface area contributed by atoms with Crippen molar-refractivity contribution in [3.8, 4) is 11.5 Å². The van der Waals surface area contributed by atoms with E-state index < -0.39 is 44.6 Å². The van der Waals surface area contributed by atoms with Crippen LogP contribution in [0.5, 0.6) is 11.5 Å². The Bertz CT molecular complexity index is 2680. The summed E-state index contributed by atoms with van der Waals surface area (Å²) >= 11 is 0. The Balaban J connectivity index is 0.000000258. The monoisotopic (exact) mass is 998 g/mol. The summed E-state index contributed by atoms with van der Waals surface area (Å²) in [6.07, 6.45) is 4.02. The molecular weight excluding hydrogens is 935 g/mol. The average Bonchev–Trinajstić information content (AvgIpc) is 3.87. The smallest absolute Gasteiger partial charge is 0.402 e. The summed E-state index contributed by atoms with van der Waals surface area (Å²) in [6.45, 7) is 17.9. The molecule has 4 heterocycles. The summed E-state index contributed by atoms with van der Waals surface area (Å²) in [5.74, 6) is 0.385. The van der Waals surface area contributed by atoms with Gasteiger partial charge in [0.15, 0.2) is 29.3 Å². The Kier molecular flexibility index (Phi) is 19.7. The summed E-state index contributed by atoms with van der Waals surface area (Å²) in [7, 11) is -7.61. The lowest BCUT2D eigenvalue weighted by Gasteiger charge is -2.31. The van der Waals surface area contributed by atoms with Gasteiger partial charge in [-0.05, 0) is 93.5 Å². The van der Waals surface area contributed by atoms with E-state index >= 15 is 0 Å². The fourth-order valence-electron chi connectivity index (χ4n) is 5.78. The highest BCUT2D eigenvalue weighted by molar-refractivity contribution is 7.57. The Hall–Kier alpha value is -6.06. The van der Waals surface area contributed by atoms with E-state index in [0.717, 1.165) is 0 Å². The van der Waals surface area contributed by atoms with Gasteiger partial charge in [0, 0.05) is 0 Å². The highest BCUT2D eigenvalue weighted by Crippen LogP contribution is 2.46. The number of carbonyl (C=O) groups is 2. The summed E-state index contributed by atoms with van der Waals surface area (Å²) in [5.41, 5.74) is 17.1. The number of imidazole rings is 2. The van der Waals surface area contributed by atoms with E-state index in [1.165, 1.54) is 12.7 Å². The van der Waals surface area contributed by atoms with Gasteiger partial charge in [0.2, 0.25) is 0 Å². The van der Waals surface area contributed by atoms with Gasteiger partial charge in [-0.3, -0.25) is 14.2 Å². The number of carbonyl (C=O) groups excluding carboxylic acids is 2. The van der Waals surface area contributed by atoms with E-state index in [4.69, 9.17) is 45.2 Å². The van der Waals surface area contributed by atoms with E-state index in [2.05, 4.69) is 35.0 Å². The van der Waals surface area contributed by atoms with Crippen LogP contribution in [0.25, 0.3) is 22.3 Å². The van der Waals surface area contributed by atoms with Crippen LogP contribution < -0.4 is 31.3 Å². The van der Waals surface area contributed by atoms with Gasteiger partial charge in [0.05, 0.1) is 50.2 Å². The minimum absolute atomic E-state index is 0.0877. The minimum atomic E-state index is -3.91. The molecule has 4 aromatic heterocycles. The SMILES string of the molecule is CC(C)OC(=O)C(C)(C)N.CC(C)OC(=O)C(C)(C)NP(=O)(CO[C@H](C)Cn1cnc2c(N)ncnc21)Oc1ccccc1.C[C@H](Cn1cnc2c(N)ncnc21)OCP(=O)(O)Oc1ccccc1. The van der Waals surface area contributed by atoms with Crippen molar-refractivity contribution in [2.75, 3.05) is 24.2 Å². The fraction of sp³-hybridized carbons (Fsp3) is 0.455. The van der Waals surface area contributed by atoms with Gasteiger partial charge in [-0.1, -0.05) is 36.4 Å². The minimum Gasteiger partial charge on any atom is -0.462 e. The number of anilines is 2. The van der Waals surface area contributed by atoms with Crippen LogP contribution in [0.1, 0.15) is 69.2 Å². The van der Waals surface area contributed by atoms with E-state index in [1.807, 2.05) is 13.0 Å². The lowest BCUT2D eigenvalue weighted by atomic mass is 10.1. The first-order chi connectivity index (χ1) is 32.3. The third kappa shape index (κ3) is 17.8. The molecule has 69 heavy (non-hydrogen) atoms. The van der Waals surface area contributed by atoms with Crippen LogP contribution in [-0.4, -0.2) is 104 Å². The van der Waals surface area contributed by atoms with Crippen molar-refractivity contribution >= 4 is 61.0 Å². The first-order valence-corrected chi connectivity index (χ1v) is 25.3. The normalized spacial score (nSPS) is 14.3. The molecule has 0 amide bonds. The summed E-state index contributed by atoms with van der Waals surface area (Å²) in [5, 5.41) is 2.85. The zero-order valence-corrected chi connectivity index (χ0v) is 42.2. The molecule has 0 radical (unpaired) electrons. The number of esters is 2. The Labute approximate surface area is 400 Å². The third-order valence-corrected chi connectivity index (χ3v) is 11.8. The van der Waals surface area contributed by atoms with E-state index in [9.17, 15) is 23.6 Å². The van der Waals surface area contributed by atoms with E-state index in [1.54, 1.807) is 139 Å². The van der Waals surface area contributed by atoms with Crippen molar-refractivity contribution in [2.45, 2.75) is 118 Å². The molecular formula is C44H64N12O11P2. The van der Waals surface area contributed by atoms with Gasteiger partial charge >= 0.3 is 27.1 Å². The molecule has 25 heteroatoms. The highest BCUT2D eigenvalue weighted by Gasteiger charge is 2.40. The van der Waals surface area contributed by atoms with Gasteiger partial charge in [-0.25, -0.2) is 39.6 Å². The second kappa shape index (κ2) is 24.5. The molecule has 376 valence electrons. The predicted molar refractivity (Wildman–Crippen MR) is 260 cm³/mol. The number of nitrogens with zero attached hydrogens (tertiary/aromatic N) is 8. The van der Waals surface area contributed by atoms with Gasteiger partial charge in [-0.15, -0.1) is 0 Å². The number of rotatable bonds is 20. The molecule has 2 aromatic carbocycles. The maximum absolute atomic E-state index is 13.8. The Morgan fingerprint density at radius 3 is 1.49 bits per heavy atom. The first kappa shape index (κ1) is 55.5. The number of hydrogen-bond acceptors (Lipinski definition) is 19. The molecule has 23 nitrogen and oxygen atoms in total. The van der Waals surface area contributed by atoms with Crippen molar-refractivity contribution in [2.24, 2.45) is 5.73 Å². The van der Waals surface area contributed by atoms with Crippen molar-refractivity contribution < 1.29 is 51.6 Å². The molecule has 0 bridgehead atoms. The maximum Gasteiger partial charge on any atom is 0.402 e. The standard InChI is InChI=1S/C22H31N6O5P.C15H18N5O4P.C7H15NO2/c1-15(2)32-21(29)22(4,5)27-34(30,33-17-9-7-6-8-10-17)14-31-16(3)11-28-13-26-18-19(23)24-12-25-20(18)28;1-11(7-20-9-19-13-14(16)17-8-18-15(13)20)23-10-25(21,22)24-12-5-3-2-4-6-12;1-5(2)10-6(9)7(3,4)8/h6-10,12-13,15-16H,11,14H2,1-5H3,(H,27,30)(H2,23,24,25);2-6,8-9,11H,7,10H2,1H3,(H,21,22)(H2,16,17,18);5H,8H2,1-4H3/t16-,34?;11-;/m11./s1. The molecule has 0 spiro atoms. The number of nitrogen functional groups attached to an aromatic ring is 2. The molecule has 8 N–H and O–H groups in total. The molecule has 0 aliphatic heterocycles. The number of ether oxygens (including phenoxy) is 4. The van der Waals surface area contributed by atoms with Crippen LogP contribution in [0.4, 0.5) is 11.6 Å². The second-order valence-corrected chi connectivity index (χ2v) is 21.1. The number of hydrogen-bond donors (Lipinski definition) is 5. The highest BCUT2D eigenvalue weighted by atomic mass is 31.2. The summed E-state index contributed by atoms with van der Waals surface area (Å²) < 4.78 is 61.9. The number of nitrogens with two attached hydrogens (primary N) is 3. The molecule has 0 saturated heterocycles. The van der Waals surface area contributed by atoms with Crippen LogP contribution >= 0.6 is 15.1 Å². The van der Waals surface area contributed by atoms with Crippen LogP contribution in [0.3, 0.4) is 0 Å². The van der Waals surface area contributed by atoms with Crippen LogP contribution in [0.15, 0.2) is 86.0 Å². The topological polar surface area (TPSA) is 321 Å². The van der Waals surface area contributed by atoms with Crippen molar-refractivity contribution in [1.29, 1.82) is 0 Å². The van der Waals surface area contributed by atoms with Crippen molar-refractivity contribution in [3.63, 3.8) is 0 Å². The number of para-hydroxylation sites is 2. The van der Waals surface area contributed by atoms with Crippen LogP contribution in [0.2, 0.25) is 0 Å². The molecule has 2 unspecified atom stereocenters. The van der Waals surface area contributed by atoms with E-state index in [0.29, 0.717) is 52.7 Å². The molecule has 6 rings (SSSR count). The van der Waals surface area contributed by atoms with Gasteiger partial charge in [0.1, 0.15) is 52.6 Å². The van der Waals surface area contributed by atoms with E-state index in [-0.39, 0.29) is 36.4 Å². The lowest BCUT2D eigenvalue weighted by molar-refractivity contribution is -0.154. The lowest BCUT2D eigenvalue weighted by Crippen LogP contribution is -2.48. The molecule has 4 atom stereocenters. The Morgan fingerprint density at radius 2 is 1.07 bits per heavy atom. The number of nitrogens with one attached hydrogen (secondary N) is 1. The molecule has 0 aliphatic rings. The number of benzene rings is 2. The zero-order chi connectivity index (χ0) is 51.2. The van der Waals surface area contributed by atoms with Crippen LogP contribution in [0, 0.1) is 0 Å². The van der Waals surface area contributed by atoms with Gasteiger partial charge in [0.25, 0.3) is 0 Å². The second-order valence-electron chi connectivity index (χ2n) is 17.4. The summed E-state index contributed by atoms with van der Waals surface area (Å²) in [4.78, 5) is 58.0. The third-order valence-electron chi connectivity index (χ3n) is 8.98.